The van der Waals surface area contributed by atoms with Crippen LogP contribution < -0.4 is 0 Å². The fourth-order valence-electron chi connectivity index (χ4n) is 1.69. The van der Waals surface area contributed by atoms with Gasteiger partial charge in [0.05, 0.1) is 5.38 Å². The van der Waals surface area contributed by atoms with Crippen LogP contribution in [0.2, 0.25) is 5.02 Å². The molecule has 0 saturated carbocycles. The molecule has 1 aliphatic rings. The largest absolute Gasteiger partial charge is 0.118 e. The molecule has 0 fully saturated rings. The number of hydrogen-bond donors (Lipinski definition) is 0. The van der Waals surface area contributed by atoms with E-state index in [2.05, 4.69) is 22.0 Å². The number of rotatable bonds is 1. The van der Waals surface area contributed by atoms with Crippen molar-refractivity contribution >= 4 is 44.7 Å². The summed E-state index contributed by atoms with van der Waals surface area (Å²) < 4.78 is 1.04. The van der Waals surface area contributed by atoms with Gasteiger partial charge >= 0.3 is 0 Å². The van der Waals surface area contributed by atoms with E-state index in [-0.39, 0.29) is 5.38 Å². The predicted octanol–water partition coefficient (Wildman–Crippen LogP) is 4.89. The monoisotopic (exact) mass is 290 g/mol. The summed E-state index contributed by atoms with van der Waals surface area (Å²) in [6, 6.07) is 5.84. The molecule has 0 heterocycles. The van der Waals surface area contributed by atoms with E-state index >= 15 is 0 Å². The SMILES string of the molecule is Clc1cccc(Br)c1C1=CC(Cl)CC1. The highest BCUT2D eigenvalue weighted by molar-refractivity contribution is 9.10. The fourth-order valence-corrected chi connectivity index (χ4v) is 2.98. The summed E-state index contributed by atoms with van der Waals surface area (Å²) in [4.78, 5) is 0. The molecule has 0 bridgehead atoms. The molecule has 1 aliphatic carbocycles. The normalized spacial score (nSPS) is 21.1. The van der Waals surface area contributed by atoms with E-state index < -0.39 is 0 Å². The third-order valence-corrected chi connectivity index (χ3v) is 3.68. The average molecular weight is 292 g/mol. The van der Waals surface area contributed by atoms with Gasteiger partial charge in [0.25, 0.3) is 0 Å². The predicted molar refractivity (Wildman–Crippen MR) is 66.0 cm³/mol. The Kier molecular flexibility index (Phi) is 3.20. The first-order valence-electron chi connectivity index (χ1n) is 4.47. The molecule has 2 rings (SSSR count). The van der Waals surface area contributed by atoms with Crippen LogP contribution >= 0.6 is 39.1 Å². The van der Waals surface area contributed by atoms with Crippen molar-refractivity contribution in [3.63, 3.8) is 0 Å². The maximum Gasteiger partial charge on any atom is 0.0525 e. The number of allylic oxidation sites excluding steroid dienone is 2. The highest BCUT2D eigenvalue weighted by atomic mass is 79.9. The van der Waals surface area contributed by atoms with Crippen LogP contribution in [0.3, 0.4) is 0 Å². The van der Waals surface area contributed by atoms with Gasteiger partial charge in [0.15, 0.2) is 0 Å². The molecule has 1 atom stereocenters. The maximum atomic E-state index is 6.14. The molecular weight excluding hydrogens is 283 g/mol. The Hall–Kier alpha value is 0.0200. The van der Waals surface area contributed by atoms with Crippen molar-refractivity contribution in [2.75, 3.05) is 0 Å². The van der Waals surface area contributed by atoms with Crippen LogP contribution in [0.5, 0.6) is 0 Å². The van der Waals surface area contributed by atoms with Crippen molar-refractivity contribution in [3.8, 4) is 0 Å². The Morgan fingerprint density at radius 1 is 1.36 bits per heavy atom. The number of hydrogen-bond acceptors (Lipinski definition) is 0. The van der Waals surface area contributed by atoms with Gasteiger partial charge < -0.3 is 0 Å². The Balaban J connectivity index is 2.46. The summed E-state index contributed by atoms with van der Waals surface area (Å²) in [7, 11) is 0. The molecule has 0 aliphatic heterocycles. The minimum Gasteiger partial charge on any atom is -0.118 e. The van der Waals surface area contributed by atoms with E-state index in [4.69, 9.17) is 23.2 Å². The van der Waals surface area contributed by atoms with Crippen molar-refractivity contribution in [2.24, 2.45) is 0 Å². The van der Waals surface area contributed by atoms with E-state index in [1.807, 2.05) is 18.2 Å². The van der Waals surface area contributed by atoms with Gasteiger partial charge in [0.1, 0.15) is 0 Å². The second-order valence-corrected chi connectivity index (χ2v) is 5.17. The first-order chi connectivity index (χ1) is 6.68. The summed E-state index contributed by atoms with van der Waals surface area (Å²) in [6.45, 7) is 0. The maximum absolute atomic E-state index is 6.14. The summed E-state index contributed by atoms with van der Waals surface area (Å²) >= 11 is 15.7. The van der Waals surface area contributed by atoms with Crippen LogP contribution in [0.25, 0.3) is 5.57 Å². The van der Waals surface area contributed by atoms with Crippen molar-refractivity contribution in [3.05, 3.63) is 39.3 Å². The third-order valence-electron chi connectivity index (χ3n) is 2.36. The van der Waals surface area contributed by atoms with Crippen LogP contribution in [0, 0.1) is 0 Å². The molecule has 3 heteroatoms. The zero-order valence-corrected chi connectivity index (χ0v) is 10.5. The van der Waals surface area contributed by atoms with Gasteiger partial charge in [-0.25, -0.2) is 0 Å². The highest BCUT2D eigenvalue weighted by Crippen LogP contribution is 2.38. The zero-order valence-electron chi connectivity index (χ0n) is 7.43. The van der Waals surface area contributed by atoms with Crippen LogP contribution in [-0.4, -0.2) is 5.38 Å². The number of alkyl halides is 1. The molecule has 0 radical (unpaired) electrons. The van der Waals surface area contributed by atoms with Crippen LogP contribution in [0.1, 0.15) is 18.4 Å². The van der Waals surface area contributed by atoms with E-state index in [0.717, 1.165) is 27.9 Å². The lowest BCUT2D eigenvalue weighted by molar-refractivity contribution is 0.941. The molecule has 0 N–H and O–H groups in total. The van der Waals surface area contributed by atoms with Gasteiger partial charge in [-0.2, -0.15) is 0 Å². The molecule has 1 unspecified atom stereocenters. The molecule has 1 aromatic rings. The van der Waals surface area contributed by atoms with Crippen molar-refractivity contribution in [1.29, 1.82) is 0 Å². The molecule has 0 nitrogen and oxygen atoms in total. The summed E-state index contributed by atoms with van der Waals surface area (Å²) in [5.41, 5.74) is 2.35. The fraction of sp³-hybridized carbons (Fsp3) is 0.273. The van der Waals surface area contributed by atoms with E-state index in [9.17, 15) is 0 Å². The van der Waals surface area contributed by atoms with Gasteiger partial charge in [0, 0.05) is 15.1 Å². The van der Waals surface area contributed by atoms with Crippen LogP contribution in [0.4, 0.5) is 0 Å². The Morgan fingerprint density at radius 3 is 2.71 bits per heavy atom. The van der Waals surface area contributed by atoms with Gasteiger partial charge in [-0.05, 0) is 30.5 Å². The average Bonchev–Trinajstić information content (AvgIpc) is 2.51. The lowest BCUT2D eigenvalue weighted by Gasteiger charge is -2.07. The standard InChI is InChI=1S/C11H9BrCl2/c12-9-2-1-3-10(14)11(9)7-4-5-8(13)6-7/h1-3,6,8H,4-5H2. The summed E-state index contributed by atoms with van der Waals surface area (Å²) in [5.74, 6) is 0. The molecule has 14 heavy (non-hydrogen) atoms. The smallest absolute Gasteiger partial charge is 0.0525 e. The molecule has 0 amide bonds. The van der Waals surface area contributed by atoms with E-state index in [1.165, 1.54) is 5.57 Å². The molecule has 0 saturated heterocycles. The second kappa shape index (κ2) is 4.26. The summed E-state index contributed by atoms with van der Waals surface area (Å²) in [6.07, 6.45) is 4.11. The van der Waals surface area contributed by atoms with Crippen molar-refractivity contribution in [2.45, 2.75) is 18.2 Å². The Morgan fingerprint density at radius 2 is 2.14 bits per heavy atom. The van der Waals surface area contributed by atoms with E-state index in [0.29, 0.717) is 0 Å². The quantitative estimate of drug-likeness (QED) is 0.647. The topological polar surface area (TPSA) is 0 Å². The molecule has 1 aromatic carbocycles. The van der Waals surface area contributed by atoms with Gasteiger partial charge in [0.2, 0.25) is 0 Å². The Bertz CT molecular complexity index is 365. The summed E-state index contributed by atoms with van der Waals surface area (Å²) in [5, 5.41) is 0.949. The van der Waals surface area contributed by atoms with Crippen molar-refractivity contribution < 1.29 is 0 Å². The lowest BCUT2D eigenvalue weighted by atomic mass is 10.1. The lowest BCUT2D eigenvalue weighted by Crippen LogP contribution is -1.84. The minimum absolute atomic E-state index is 0.160. The minimum atomic E-state index is 0.160. The molecular formula is C11H9BrCl2. The van der Waals surface area contributed by atoms with E-state index in [1.54, 1.807) is 0 Å². The molecule has 74 valence electrons. The zero-order chi connectivity index (χ0) is 10.1. The van der Waals surface area contributed by atoms with Crippen molar-refractivity contribution in [1.82, 2.24) is 0 Å². The van der Waals surface area contributed by atoms with Gasteiger partial charge in [-0.3, -0.25) is 0 Å². The van der Waals surface area contributed by atoms with Crippen LogP contribution in [-0.2, 0) is 0 Å². The number of halogens is 3. The van der Waals surface area contributed by atoms with Gasteiger partial charge in [-0.1, -0.05) is 39.7 Å². The first-order valence-corrected chi connectivity index (χ1v) is 6.08. The Labute approximate surface area is 102 Å². The number of benzene rings is 1. The molecule has 0 aromatic heterocycles. The second-order valence-electron chi connectivity index (χ2n) is 3.34. The van der Waals surface area contributed by atoms with Gasteiger partial charge in [-0.15, -0.1) is 11.6 Å². The first kappa shape index (κ1) is 10.5. The molecule has 0 spiro atoms. The third kappa shape index (κ3) is 2.00. The van der Waals surface area contributed by atoms with Crippen LogP contribution in [0.15, 0.2) is 28.7 Å². The highest BCUT2D eigenvalue weighted by Gasteiger charge is 2.18.